The van der Waals surface area contributed by atoms with Gasteiger partial charge in [0, 0.05) is 6.20 Å². The smallest absolute Gasteiger partial charge is 0.128 e. The van der Waals surface area contributed by atoms with Crippen molar-refractivity contribution in [2.24, 2.45) is 0 Å². The molecule has 0 N–H and O–H groups in total. The van der Waals surface area contributed by atoms with Crippen LogP contribution in [0.4, 0.5) is 0 Å². The van der Waals surface area contributed by atoms with E-state index in [-0.39, 0.29) is 5.38 Å². The number of para-hydroxylation sites is 1. The monoisotopic (exact) mass is 320 g/mol. The topological polar surface area (TPSA) is 43.6 Å². The zero-order chi connectivity index (χ0) is 15.0. The molecule has 1 atom stereocenters. The standard InChI is InChI=1S/C15H14Cl2N4/c1-9-6-19-11(7-18-9)8-21-14-12(17)4-3-5-13(14)20-15(21)10(2)16/h3-7,10H,8H2,1-2H3. The van der Waals surface area contributed by atoms with E-state index in [9.17, 15) is 0 Å². The highest BCUT2D eigenvalue weighted by Crippen LogP contribution is 2.29. The fourth-order valence-corrected chi connectivity index (χ4v) is 2.72. The summed E-state index contributed by atoms with van der Waals surface area (Å²) >= 11 is 12.6. The lowest BCUT2D eigenvalue weighted by Gasteiger charge is -2.10. The Morgan fingerprint density at radius 1 is 1.24 bits per heavy atom. The van der Waals surface area contributed by atoms with Crippen LogP contribution in [0.3, 0.4) is 0 Å². The number of fused-ring (bicyclic) bond motifs is 1. The van der Waals surface area contributed by atoms with E-state index >= 15 is 0 Å². The third kappa shape index (κ3) is 2.74. The first-order valence-corrected chi connectivity index (χ1v) is 7.44. The Labute approximate surface area is 132 Å². The van der Waals surface area contributed by atoms with Crippen LogP contribution in [0, 0.1) is 6.92 Å². The van der Waals surface area contributed by atoms with Crippen molar-refractivity contribution in [1.82, 2.24) is 19.5 Å². The molecule has 0 aliphatic rings. The largest absolute Gasteiger partial charge is 0.319 e. The minimum atomic E-state index is -0.216. The SMILES string of the molecule is Cc1cnc(Cn2c(C(C)Cl)nc3cccc(Cl)c32)cn1. The molecule has 108 valence electrons. The summed E-state index contributed by atoms with van der Waals surface area (Å²) in [4.78, 5) is 13.3. The van der Waals surface area contributed by atoms with E-state index in [2.05, 4.69) is 15.0 Å². The maximum atomic E-state index is 6.33. The summed E-state index contributed by atoms with van der Waals surface area (Å²) in [6.45, 7) is 4.35. The number of hydrogen-bond acceptors (Lipinski definition) is 3. The summed E-state index contributed by atoms with van der Waals surface area (Å²) in [5.74, 6) is 0.780. The number of aryl methyl sites for hydroxylation is 1. The van der Waals surface area contributed by atoms with Crippen LogP contribution in [0.25, 0.3) is 11.0 Å². The van der Waals surface area contributed by atoms with Crippen LogP contribution >= 0.6 is 23.2 Å². The number of rotatable bonds is 3. The van der Waals surface area contributed by atoms with Crippen molar-refractivity contribution in [2.75, 3.05) is 0 Å². The quantitative estimate of drug-likeness (QED) is 0.681. The molecule has 1 aromatic carbocycles. The summed E-state index contributed by atoms with van der Waals surface area (Å²) in [6.07, 6.45) is 3.51. The average molecular weight is 321 g/mol. The molecule has 3 rings (SSSR count). The second-order valence-corrected chi connectivity index (χ2v) is 5.99. The van der Waals surface area contributed by atoms with Crippen molar-refractivity contribution in [1.29, 1.82) is 0 Å². The van der Waals surface area contributed by atoms with E-state index in [0.717, 1.165) is 28.2 Å². The van der Waals surface area contributed by atoms with Gasteiger partial charge in [-0.1, -0.05) is 17.7 Å². The van der Waals surface area contributed by atoms with Crippen molar-refractivity contribution in [2.45, 2.75) is 25.8 Å². The maximum Gasteiger partial charge on any atom is 0.128 e. The molecule has 0 bridgehead atoms. The molecule has 2 aromatic heterocycles. The van der Waals surface area contributed by atoms with Gasteiger partial charge in [-0.15, -0.1) is 11.6 Å². The van der Waals surface area contributed by atoms with Crippen LogP contribution in [0.1, 0.15) is 29.5 Å². The first-order chi connectivity index (χ1) is 10.1. The molecule has 6 heteroatoms. The van der Waals surface area contributed by atoms with Gasteiger partial charge in [0.05, 0.1) is 45.6 Å². The molecular formula is C15H14Cl2N4. The second kappa shape index (κ2) is 5.62. The minimum absolute atomic E-state index is 0.216. The molecule has 1 unspecified atom stereocenters. The highest BCUT2D eigenvalue weighted by molar-refractivity contribution is 6.35. The highest BCUT2D eigenvalue weighted by atomic mass is 35.5. The molecule has 0 saturated carbocycles. The summed E-state index contributed by atoms with van der Waals surface area (Å²) in [7, 11) is 0. The average Bonchev–Trinajstić information content (AvgIpc) is 2.82. The van der Waals surface area contributed by atoms with Crippen LogP contribution in [0.5, 0.6) is 0 Å². The van der Waals surface area contributed by atoms with Gasteiger partial charge in [-0.3, -0.25) is 9.97 Å². The third-order valence-corrected chi connectivity index (χ3v) is 3.76. The molecule has 0 amide bonds. The van der Waals surface area contributed by atoms with Gasteiger partial charge >= 0.3 is 0 Å². The molecule has 2 heterocycles. The van der Waals surface area contributed by atoms with Gasteiger partial charge in [0.25, 0.3) is 0 Å². The molecule has 0 fully saturated rings. The van der Waals surface area contributed by atoms with Crippen LogP contribution in [-0.4, -0.2) is 19.5 Å². The Bertz CT molecular complexity index is 778. The van der Waals surface area contributed by atoms with Gasteiger partial charge in [0.2, 0.25) is 0 Å². The second-order valence-electron chi connectivity index (χ2n) is 4.93. The van der Waals surface area contributed by atoms with Crippen LogP contribution in [-0.2, 0) is 6.54 Å². The predicted molar refractivity (Wildman–Crippen MR) is 84.9 cm³/mol. The van der Waals surface area contributed by atoms with E-state index in [1.165, 1.54) is 0 Å². The minimum Gasteiger partial charge on any atom is -0.319 e. The van der Waals surface area contributed by atoms with Crippen molar-refractivity contribution in [3.63, 3.8) is 0 Å². The number of benzene rings is 1. The Hall–Kier alpha value is -1.65. The van der Waals surface area contributed by atoms with Gasteiger partial charge in [0.1, 0.15) is 5.82 Å². The Morgan fingerprint density at radius 3 is 2.71 bits per heavy atom. The van der Waals surface area contributed by atoms with Gasteiger partial charge < -0.3 is 4.57 Å². The number of halogens is 2. The van der Waals surface area contributed by atoms with Crippen LogP contribution in [0.2, 0.25) is 5.02 Å². The van der Waals surface area contributed by atoms with Gasteiger partial charge in [-0.2, -0.15) is 0 Å². The fraction of sp³-hybridized carbons (Fsp3) is 0.267. The van der Waals surface area contributed by atoms with Gasteiger partial charge in [0.15, 0.2) is 0 Å². The molecule has 4 nitrogen and oxygen atoms in total. The predicted octanol–water partition coefficient (Wildman–Crippen LogP) is 4.14. The van der Waals surface area contributed by atoms with Gasteiger partial charge in [-0.25, -0.2) is 4.98 Å². The van der Waals surface area contributed by atoms with E-state index in [1.807, 2.05) is 36.6 Å². The zero-order valence-corrected chi connectivity index (χ0v) is 13.2. The number of aromatic nitrogens is 4. The lowest BCUT2D eigenvalue weighted by atomic mass is 10.3. The van der Waals surface area contributed by atoms with Crippen LogP contribution in [0.15, 0.2) is 30.6 Å². The first kappa shape index (κ1) is 14.3. The summed E-state index contributed by atoms with van der Waals surface area (Å²) in [6, 6.07) is 5.67. The number of imidazole rings is 1. The van der Waals surface area contributed by atoms with Crippen molar-refractivity contribution in [3.8, 4) is 0 Å². The molecule has 0 saturated heterocycles. The number of hydrogen-bond donors (Lipinski definition) is 0. The molecular weight excluding hydrogens is 307 g/mol. The molecule has 0 aliphatic carbocycles. The lowest BCUT2D eigenvalue weighted by molar-refractivity contribution is 0.722. The van der Waals surface area contributed by atoms with E-state index < -0.39 is 0 Å². The van der Waals surface area contributed by atoms with E-state index in [0.29, 0.717) is 11.6 Å². The van der Waals surface area contributed by atoms with Crippen molar-refractivity contribution >= 4 is 34.2 Å². The Morgan fingerprint density at radius 2 is 2.05 bits per heavy atom. The number of alkyl halides is 1. The summed E-state index contributed by atoms with van der Waals surface area (Å²) in [5.41, 5.74) is 3.45. The Kier molecular flexibility index (Phi) is 3.83. The third-order valence-electron chi connectivity index (χ3n) is 3.26. The van der Waals surface area contributed by atoms with Crippen LogP contribution < -0.4 is 0 Å². The molecule has 0 radical (unpaired) electrons. The van der Waals surface area contributed by atoms with Gasteiger partial charge in [-0.05, 0) is 26.0 Å². The molecule has 0 aliphatic heterocycles. The Balaban J connectivity index is 2.15. The highest BCUT2D eigenvalue weighted by Gasteiger charge is 2.17. The van der Waals surface area contributed by atoms with E-state index in [1.54, 1.807) is 12.4 Å². The fourth-order valence-electron chi connectivity index (χ4n) is 2.29. The number of nitrogens with zero attached hydrogens (tertiary/aromatic N) is 4. The first-order valence-electron chi connectivity index (χ1n) is 6.62. The maximum absolute atomic E-state index is 6.33. The molecule has 21 heavy (non-hydrogen) atoms. The van der Waals surface area contributed by atoms with E-state index in [4.69, 9.17) is 23.2 Å². The summed E-state index contributed by atoms with van der Waals surface area (Å²) in [5, 5.41) is 0.440. The van der Waals surface area contributed by atoms with Crippen molar-refractivity contribution < 1.29 is 0 Å². The lowest BCUT2D eigenvalue weighted by Crippen LogP contribution is -2.08. The molecule has 3 aromatic rings. The molecule has 0 spiro atoms. The zero-order valence-electron chi connectivity index (χ0n) is 11.7. The summed E-state index contributed by atoms with van der Waals surface area (Å²) < 4.78 is 2.01. The van der Waals surface area contributed by atoms with Crippen molar-refractivity contribution in [3.05, 3.63) is 52.8 Å². The normalized spacial score (nSPS) is 12.8.